The van der Waals surface area contributed by atoms with Crippen LogP contribution in [0, 0.1) is 0 Å². The summed E-state index contributed by atoms with van der Waals surface area (Å²) in [5, 5.41) is 0. The summed E-state index contributed by atoms with van der Waals surface area (Å²) in [5.74, 6) is 1.60. The van der Waals surface area contributed by atoms with E-state index in [1.165, 1.54) is 6.33 Å². The van der Waals surface area contributed by atoms with E-state index in [9.17, 15) is 0 Å². The molecular weight excluding hydrogens is 248 g/mol. The van der Waals surface area contributed by atoms with Crippen LogP contribution in [0.5, 0.6) is 0 Å². The van der Waals surface area contributed by atoms with Gasteiger partial charge in [0.15, 0.2) is 0 Å². The quantitative estimate of drug-likeness (QED) is 0.828. The normalized spacial score (nSPS) is 10.3. The van der Waals surface area contributed by atoms with Crippen LogP contribution in [0.4, 0.5) is 5.82 Å². The molecule has 94 valence electrons. The molecule has 0 atom stereocenters. The van der Waals surface area contributed by atoms with E-state index in [-0.39, 0.29) is 0 Å². The lowest BCUT2D eigenvalue weighted by Gasteiger charge is -2.22. The smallest absolute Gasteiger partial charge is 0.142 e. The Morgan fingerprint density at radius 2 is 2.39 bits per heavy atom. The molecule has 0 aromatic carbocycles. The highest BCUT2D eigenvalue weighted by Gasteiger charge is 2.14. The maximum atomic E-state index is 5.68. The van der Waals surface area contributed by atoms with E-state index in [1.807, 2.05) is 24.0 Å². The Labute approximate surface area is 111 Å². The largest absolute Gasteiger partial charge is 0.467 e. The van der Waals surface area contributed by atoms with E-state index in [2.05, 4.69) is 9.97 Å². The monoisotopic (exact) mass is 262 g/mol. The summed E-state index contributed by atoms with van der Waals surface area (Å²) >= 11 is 5.01. The number of nitrogens with two attached hydrogens (primary N) is 1. The van der Waals surface area contributed by atoms with Crippen molar-refractivity contribution in [2.24, 2.45) is 5.73 Å². The fourth-order valence-corrected chi connectivity index (χ4v) is 1.82. The first-order chi connectivity index (χ1) is 8.72. The zero-order valence-electron chi connectivity index (χ0n) is 10.0. The number of thiocarbonyl (C=S) groups is 1. The molecule has 0 aliphatic heterocycles. The lowest BCUT2D eigenvalue weighted by atomic mass is 10.2. The zero-order chi connectivity index (χ0) is 13.0. The Morgan fingerprint density at radius 1 is 1.56 bits per heavy atom. The summed E-state index contributed by atoms with van der Waals surface area (Å²) in [5.41, 5.74) is 6.36. The van der Waals surface area contributed by atoms with Crippen molar-refractivity contribution < 1.29 is 4.42 Å². The van der Waals surface area contributed by atoms with Gasteiger partial charge in [0.25, 0.3) is 0 Å². The predicted molar refractivity (Wildman–Crippen MR) is 73.4 cm³/mol. The first kappa shape index (κ1) is 12.5. The van der Waals surface area contributed by atoms with Gasteiger partial charge < -0.3 is 15.1 Å². The van der Waals surface area contributed by atoms with E-state index >= 15 is 0 Å². The van der Waals surface area contributed by atoms with Crippen LogP contribution in [-0.2, 0) is 6.54 Å². The molecule has 0 spiro atoms. The van der Waals surface area contributed by atoms with E-state index in [4.69, 9.17) is 22.4 Å². The van der Waals surface area contributed by atoms with Crippen LogP contribution in [0.15, 0.2) is 35.3 Å². The molecule has 18 heavy (non-hydrogen) atoms. The molecule has 5 nitrogen and oxygen atoms in total. The lowest BCUT2D eigenvalue weighted by Crippen LogP contribution is -2.26. The van der Waals surface area contributed by atoms with Gasteiger partial charge >= 0.3 is 0 Å². The van der Waals surface area contributed by atoms with Crippen LogP contribution in [0.1, 0.15) is 18.2 Å². The van der Waals surface area contributed by atoms with Crippen LogP contribution in [-0.4, -0.2) is 21.5 Å². The summed E-state index contributed by atoms with van der Waals surface area (Å²) in [7, 11) is 0. The van der Waals surface area contributed by atoms with Gasteiger partial charge in [-0.1, -0.05) is 12.2 Å². The Morgan fingerprint density at radius 3 is 3.00 bits per heavy atom. The fraction of sp³-hybridized carbons (Fsp3) is 0.250. The predicted octanol–water partition coefficient (Wildman–Crippen LogP) is 1.73. The highest BCUT2D eigenvalue weighted by molar-refractivity contribution is 7.80. The Hall–Kier alpha value is -1.95. The molecule has 2 aromatic heterocycles. The molecule has 0 saturated carbocycles. The highest BCUT2D eigenvalue weighted by Crippen LogP contribution is 2.18. The lowest BCUT2D eigenvalue weighted by molar-refractivity contribution is 0.502. The van der Waals surface area contributed by atoms with Crippen molar-refractivity contribution >= 4 is 23.0 Å². The summed E-state index contributed by atoms with van der Waals surface area (Å²) in [6.07, 6.45) is 4.77. The third kappa shape index (κ3) is 2.65. The number of hydrogen-bond donors (Lipinski definition) is 1. The van der Waals surface area contributed by atoms with Crippen LogP contribution in [0.25, 0.3) is 0 Å². The van der Waals surface area contributed by atoms with Gasteiger partial charge in [-0.3, -0.25) is 0 Å². The number of anilines is 1. The van der Waals surface area contributed by atoms with E-state index in [1.54, 1.807) is 12.5 Å². The van der Waals surface area contributed by atoms with Gasteiger partial charge in [-0.25, -0.2) is 9.97 Å². The Bertz CT molecular complexity index is 527. The molecule has 0 aliphatic carbocycles. The molecule has 2 rings (SSSR count). The molecule has 2 N–H and O–H groups in total. The fourth-order valence-electron chi connectivity index (χ4n) is 1.68. The Balaban J connectivity index is 2.30. The van der Waals surface area contributed by atoms with Crippen molar-refractivity contribution in [2.45, 2.75) is 13.5 Å². The van der Waals surface area contributed by atoms with Crippen LogP contribution < -0.4 is 10.6 Å². The summed E-state index contributed by atoms with van der Waals surface area (Å²) in [6, 6.07) is 3.78. The third-order valence-corrected chi connectivity index (χ3v) is 2.78. The number of aromatic nitrogens is 2. The van der Waals surface area contributed by atoms with Gasteiger partial charge in [-0.15, -0.1) is 0 Å². The van der Waals surface area contributed by atoms with E-state index < -0.39 is 0 Å². The van der Waals surface area contributed by atoms with Crippen LogP contribution in [0.2, 0.25) is 0 Å². The van der Waals surface area contributed by atoms with Crippen molar-refractivity contribution in [1.82, 2.24) is 9.97 Å². The molecule has 0 amide bonds. The second-order valence-electron chi connectivity index (χ2n) is 3.72. The number of hydrogen-bond acceptors (Lipinski definition) is 5. The standard InChI is InChI=1S/C12H14N4OS/c1-2-16(7-9-4-3-5-17-9)12-10(11(13)18)6-14-8-15-12/h3-6,8H,2,7H2,1H3,(H2,13,18). The van der Waals surface area contributed by atoms with Gasteiger partial charge in [0.1, 0.15) is 22.9 Å². The molecule has 0 bridgehead atoms. The minimum Gasteiger partial charge on any atom is -0.467 e. The molecule has 2 aromatic rings. The SMILES string of the molecule is CCN(Cc1ccco1)c1ncncc1C(N)=S. The number of rotatable bonds is 5. The van der Waals surface area contributed by atoms with Crippen LogP contribution >= 0.6 is 12.2 Å². The van der Waals surface area contributed by atoms with E-state index in [0.29, 0.717) is 17.1 Å². The van der Waals surface area contributed by atoms with Crippen molar-refractivity contribution in [3.05, 3.63) is 42.2 Å². The minimum absolute atomic E-state index is 0.295. The zero-order valence-corrected chi connectivity index (χ0v) is 10.9. The summed E-state index contributed by atoms with van der Waals surface area (Å²) < 4.78 is 5.34. The van der Waals surface area contributed by atoms with E-state index in [0.717, 1.165) is 18.1 Å². The summed E-state index contributed by atoms with van der Waals surface area (Å²) in [4.78, 5) is 10.5. The molecule has 0 aliphatic rings. The number of nitrogens with zero attached hydrogens (tertiary/aromatic N) is 3. The van der Waals surface area contributed by atoms with Gasteiger partial charge in [0.2, 0.25) is 0 Å². The molecule has 2 heterocycles. The van der Waals surface area contributed by atoms with Crippen molar-refractivity contribution in [1.29, 1.82) is 0 Å². The summed E-state index contributed by atoms with van der Waals surface area (Å²) in [6.45, 7) is 3.43. The highest BCUT2D eigenvalue weighted by atomic mass is 32.1. The first-order valence-corrected chi connectivity index (χ1v) is 6.00. The molecule has 0 radical (unpaired) electrons. The maximum absolute atomic E-state index is 5.68. The second-order valence-corrected chi connectivity index (χ2v) is 4.16. The second kappa shape index (κ2) is 5.59. The first-order valence-electron chi connectivity index (χ1n) is 5.59. The minimum atomic E-state index is 0.295. The molecule has 6 heteroatoms. The van der Waals surface area contributed by atoms with Gasteiger partial charge in [0, 0.05) is 12.7 Å². The van der Waals surface area contributed by atoms with Crippen LogP contribution in [0.3, 0.4) is 0 Å². The molecule has 0 unspecified atom stereocenters. The maximum Gasteiger partial charge on any atom is 0.142 e. The molecular formula is C12H14N4OS. The average Bonchev–Trinajstić information content (AvgIpc) is 2.88. The molecule has 0 saturated heterocycles. The van der Waals surface area contributed by atoms with Gasteiger partial charge in [-0.05, 0) is 19.1 Å². The van der Waals surface area contributed by atoms with Crippen molar-refractivity contribution in [3.8, 4) is 0 Å². The number of furan rings is 1. The average molecular weight is 262 g/mol. The van der Waals surface area contributed by atoms with Gasteiger partial charge in [0.05, 0.1) is 18.4 Å². The Kier molecular flexibility index (Phi) is 3.88. The van der Waals surface area contributed by atoms with Crippen molar-refractivity contribution in [2.75, 3.05) is 11.4 Å². The van der Waals surface area contributed by atoms with Gasteiger partial charge in [-0.2, -0.15) is 0 Å². The third-order valence-electron chi connectivity index (χ3n) is 2.56. The molecule has 0 fully saturated rings. The topological polar surface area (TPSA) is 68.2 Å². The van der Waals surface area contributed by atoms with Crippen molar-refractivity contribution in [3.63, 3.8) is 0 Å².